The number of hydrogen-bond donors (Lipinski definition) is 0. The van der Waals surface area contributed by atoms with Crippen molar-refractivity contribution in [3.8, 4) is 0 Å². The van der Waals surface area contributed by atoms with Gasteiger partial charge in [0.1, 0.15) is 0 Å². The van der Waals surface area contributed by atoms with Crippen LogP contribution in [-0.2, 0) is 7.05 Å². The van der Waals surface area contributed by atoms with Gasteiger partial charge in [-0.05, 0) is 54.3 Å². The van der Waals surface area contributed by atoms with E-state index in [1.807, 2.05) is 0 Å². The van der Waals surface area contributed by atoms with E-state index in [2.05, 4.69) is 73.7 Å². The second-order valence-electron chi connectivity index (χ2n) is 6.05. The van der Waals surface area contributed by atoms with Crippen LogP contribution in [0.5, 0.6) is 0 Å². The van der Waals surface area contributed by atoms with Gasteiger partial charge in [-0.2, -0.15) is 0 Å². The molecule has 2 heteroatoms. The number of aryl methyl sites for hydroxylation is 2. The summed E-state index contributed by atoms with van der Waals surface area (Å²) in [5.41, 5.74) is 4.07. The Morgan fingerprint density at radius 2 is 1.58 bits per heavy atom. The number of aromatic nitrogens is 1. The van der Waals surface area contributed by atoms with Crippen LogP contribution < -0.4 is 0 Å². The first-order valence-electron chi connectivity index (χ1n) is 6.56. The predicted octanol–water partition coefficient (Wildman–Crippen LogP) is 4.69. The third-order valence-corrected chi connectivity index (χ3v) is 5.63. The largest absolute Gasteiger partial charge is 0.344 e. The van der Waals surface area contributed by atoms with Gasteiger partial charge >= 0.3 is 0 Å². The van der Waals surface area contributed by atoms with Crippen molar-refractivity contribution in [3.63, 3.8) is 0 Å². The lowest BCUT2D eigenvalue weighted by atomic mass is 10.1. The van der Waals surface area contributed by atoms with Gasteiger partial charge < -0.3 is 4.57 Å². The molecule has 0 saturated carbocycles. The van der Waals surface area contributed by atoms with E-state index in [9.17, 15) is 0 Å². The van der Waals surface area contributed by atoms with E-state index >= 15 is 0 Å². The van der Waals surface area contributed by atoms with Crippen LogP contribution in [0.3, 0.4) is 0 Å². The van der Waals surface area contributed by atoms with Gasteiger partial charge in [-0.25, -0.2) is 10.0 Å². The molecule has 0 fully saturated rings. The minimum Gasteiger partial charge on any atom is -0.344 e. The topological polar surface area (TPSA) is 4.93 Å². The smallest absolute Gasteiger partial charge is 0.0492 e. The number of fused-ring (bicyclic) bond motifs is 3. The molecule has 100 valence electrons. The Hall–Kier alpha value is -1.41. The highest BCUT2D eigenvalue weighted by Gasteiger charge is 2.15. The quantitative estimate of drug-likeness (QED) is 0.605. The Balaban J connectivity index is 2.49. The fourth-order valence-corrected chi connectivity index (χ4v) is 4.45. The van der Waals surface area contributed by atoms with Gasteiger partial charge in [0.2, 0.25) is 0 Å². The number of para-hydroxylation sites is 1. The van der Waals surface area contributed by atoms with E-state index in [4.69, 9.17) is 0 Å². The van der Waals surface area contributed by atoms with E-state index in [0.29, 0.717) is 0 Å². The molecule has 3 aromatic rings. The van der Waals surface area contributed by atoms with Crippen molar-refractivity contribution in [1.82, 2.24) is 4.57 Å². The molecule has 0 bridgehead atoms. The molecule has 0 aliphatic heterocycles. The van der Waals surface area contributed by atoms with Crippen LogP contribution in [0.15, 0.2) is 41.3 Å². The molecule has 2 aromatic carbocycles. The van der Waals surface area contributed by atoms with Gasteiger partial charge in [0.25, 0.3) is 0 Å². The Kier molecular flexibility index (Phi) is 2.68. The maximum absolute atomic E-state index is 2.42. The molecule has 1 nitrogen and oxygen atoms in total. The fraction of sp³-hybridized carbons (Fsp3) is 0.294. The molecule has 0 spiro atoms. The molecule has 1 heterocycles. The third-order valence-electron chi connectivity index (χ3n) is 3.87. The fourth-order valence-electron chi connectivity index (χ4n) is 2.95. The van der Waals surface area contributed by atoms with Crippen molar-refractivity contribution in [2.24, 2.45) is 7.05 Å². The van der Waals surface area contributed by atoms with Gasteiger partial charge in [0.05, 0.1) is 0 Å². The summed E-state index contributed by atoms with van der Waals surface area (Å²) >= 11 is 0. The van der Waals surface area contributed by atoms with Crippen molar-refractivity contribution in [3.05, 3.63) is 42.0 Å². The number of rotatable bonds is 1. The molecule has 19 heavy (non-hydrogen) atoms. The second kappa shape index (κ2) is 4.04. The highest BCUT2D eigenvalue weighted by Crippen LogP contribution is 2.48. The average Bonchev–Trinajstić information content (AvgIpc) is 2.61. The molecular weight excluding hydrogens is 250 g/mol. The molecule has 3 rings (SSSR count). The van der Waals surface area contributed by atoms with E-state index in [-0.39, 0.29) is 0 Å². The normalized spacial score (nSPS) is 13.3. The standard InChI is InChI=1S/C17H21NS/c1-12-10-16-14(11-17(12)19(3,4)5)13-8-6-7-9-15(13)18(16)2/h6-11H,1-5H3. The van der Waals surface area contributed by atoms with Gasteiger partial charge in [-0.3, -0.25) is 0 Å². The average molecular weight is 271 g/mol. The molecule has 0 radical (unpaired) electrons. The minimum absolute atomic E-state index is 0.694. The zero-order valence-electron chi connectivity index (χ0n) is 12.3. The lowest BCUT2D eigenvalue weighted by molar-refractivity contribution is 1.01. The Labute approximate surface area is 116 Å². The summed E-state index contributed by atoms with van der Waals surface area (Å²) in [6.45, 7) is 2.24. The van der Waals surface area contributed by atoms with Gasteiger partial charge in [-0.1, -0.05) is 18.2 Å². The lowest BCUT2D eigenvalue weighted by Gasteiger charge is -2.28. The third kappa shape index (κ3) is 1.86. The second-order valence-corrected chi connectivity index (χ2v) is 10.2. The summed E-state index contributed by atoms with van der Waals surface area (Å²) in [5, 5.41) is 2.76. The first-order chi connectivity index (χ1) is 8.89. The Morgan fingerprint density at radius 3 is 2.26 bits per heavy atom. The maximum atomic E-state index is 2.42. The van der Waals surface area contributed by atoms with Crippen LogP contribution in [0, 0.1) is 6.92 Å². The molecule has 0 unspecified atom stereocenters. The van der Waals surface area contributed by atoms with E-state index in [0.717, 1.165) is 0 Å². The Bertz CT molecular complexity index is 775. The number of benzene rings is 2. The van der Waals surface area contributed by atoms with E-state index in [1.54, 1.807) is 0 Å². The van der Waals surface area contributed by atoms with Gasteiger partial charge in [0.15, 0.2) is 0 Å². The van der Waals surface area contributed by atoms with E-state index < -0.39 is 10.0 Å². The van der Waals surface area contributed by atoms with Gasteiger partial charge in [0, 0.05) is 28.9 Å². The summed E-state index contributed by atoms with van der Waals surface area (Å²) in [4.78, 5) is 1.52. The van der Waals surface area contributed by atoms with Crippen LogP contribution in [0.25, 0.3) is 21.8 Å². The summed E-state index contributed by atoms with van der Waals surface area (Å²) < 4.78 is 2.30. The molecular formula is C17H21NS. The van der Waals surface area contributed by atoms with Crippen molar-refractivity contribution in [2.45, 2.75) is 11.8 Å². The SMILES string of the molecule is Cc1cc2c(cc1S(C)(C)C)c1ccccc1n2C. The summed E-state index contributed by atoms with van der Waals surface area (Å²) in [5.74, 6) is 0. The molecule has 0 aliphatic carbocycles. The molecule has 0 saturated heterocycles. The summed E-state index contributed by atoms with van der Waals surface area (Å²) in [6, 6.07) is 13.4. The Morgan fingerprint density at radius 1 is 0.895 bits per heavy atom. The highest BCUT2D eigenvalue weighted by molar-refractivity contribution is 8.32. The lowest BCUT2D eigenvalue weighted by Crippen LogP contribution is -1.96. The van der Waals surface area contributed by atoms with Crippen LogP contribution in [0.4, 0.5) is 0 Å². The van der Waals surface area contributed by atoms with Gasteiger partial charge in [-0.15, -0.1) is 0 Å². The summed E-state index contributed by atoms with van der Waals surface area (Å²) in [6.07, 6.45) is 7.10. The predicted molar refractivity (Wildman–Crippen MR) is 88.8 cm³/mol. The maximum Gasteiger partial charge on any atom is 0.0492 e. The van der Waals surface area contributed by atoms with Crippen molar-refractivity contribution < 1.29 is 0 Å². The van der Waals surface area contributed by atoms with Crippen molar-refractivity contribution in [1.29, 1.82) is 0 Å². The van der Waals surface area contributed by atoms with Crippen LogP contribution in [-0.4, -0.2) is 23.3 Å². The molecule has 0 aliphatic rings. The highest BCUT2D eigenvalue weighted by atomic mass is 32.3. The molecule has 0 amide bonds. The first-order valence-corrected chi connectivity index (χ1v) is 9.41. The monoisotopic (exact) mass is 271 g/mol. The summed E-state index contributed by atoms with van der Waals surface area (Å²) in [7, 11) is 1.47. The molecule has 0 N–H and O–H groups in total. The zero-order chi connectivity index (χ0) is 13.8. The van der Waals surface area contributed by atoms with Crippen LogP contribution >= 0.6 is 10.0 Å². The first kappa shape index (κ1) is 12.6. The molecule has 0 atom stereocenters. The van der Waals surface area contributed by atoms with Crippen molar-refractivity contribution >= 4 is 31.8 Å². The van der Waals surface area contributed by atoms with Crippen molar-refractivity contribution in [2.75, 3.05) is 18.8 Å². The van der Waals surface area contributed by atoms with Crippen LogP contribution in [0.2, 0.25) is 0 Å². The van der Waals surface area contributed by atoms with Crippen LogP contribution in [0.1, 0.15) is 5.56 Å². The molecule has 1 aromatic heterocycles. The van der Waals surface area contributed by atoms with E-state index in [1.165, 1.54) is 32.3 Å². The minimum atomic E-state index is -0.694. The number of hydrogen-bond acceptors (Lipinski definition) is 0. The number of nitrogens with zero attached hydrogens (tertiary/aromatic N) is 1. The zero-order valence-corrected chi connectivity index (χ0v) is 13.1.